The lowest BCUT2D eigenvalue weighted by molar-refractivity contribution is -0.130. The smallest absolute Gasteiger partial charge is 0.128 e. The Morgan fingerprint density at radius 3 is 2.78 bits per heavy atom. The van der Waals surface area contributed by atoms with Crippen molar-refractivity contribution in [1.29, 1.82) is 0 Å². The van der Waals surface area contributed by atoms with E-state index in [4.69, 9.17) is 4.74 Å². The van der Waals surface area contributed by atoms with Gasteiger partial charge >= 0.3 is 0 Å². The fourth-order valence-electron chi connectivity index (χ4n) is 2.21. The van der Waals surface area contributed by atoms with Crippen LogP contribution in [-0.2, 0) is 16.1 Å². The minimum Gasteiger partial charge on any atom is -0.375 e. The van der Waals surface area contributed by atoms with Gasteiger partial charge in [-0.25, -0.2) is 0 Å². The summed E-state index contributed by atoms with van der Waals surface area (Å²) in [6, 6.07) is 10.4. The molecule has 0 aliphatic carbocycles. The van der Waals surface area contributed by atoms with Gasteiger partial charge in [0.25, 0.3) is 0 Å². The molecule has 1 atom stereocenters. The van der Waals surface area contributed by atoms with Crippen molar-refractivity contribution < 1.29 is 9.53 Å². The fraction of sp³-hybridized carbons (Fsp3) is 0.533. The molecule has 2 rings (SSSR count). The molecule has 1 aromatic rings. The normalized spacial score (nSPS) is 21.8. The minimum absolute atomic E-state index is 0.00698. The van der Waals surface area contributed by atoms with Crippen molar-refractivity contribution in [3.8, 4) is 0 Å². The van der Waals surface area contributed by atoms with E-state index >= 15 is 0 Å². The molecule has 1 aliphatic heterocycles. The van der Waals surface area contributed by atoms with Crippen LogP contribution >= 0.6 is 0 Å². The molecule has 0 bridgehead atoms. The Kier molecular flexibility index (Phi) is 4.15. The Bertz CT molecular complexity index is 389. The molecule has 1 aliphatic rings. The molecule has 3 heteroatoms. The quantitative estimate of drug-likeness (QED) is 0.763. The number of aldehydes is 1. The number of ether oxygens (including phenoxy) is 1. The van der Waals surface area contributed by atoms with E-state index in [1.165, 1.54) is 5.56 Å². The number of morpholine rings is 1. The van der Waals surface area contributed by atoms with Crippen molar-refractivity contribution in [2.45, 2.75) is 26.5 Å². The molecule has 0 radical (unpaired) electrons. The maximum atomic E-state index is 11.1. The van der Waals surface area contributed by atoms with E-state index < -0.39 is 5.41 Å². The van der Waals surface area contributed by atoms with E-state index in [-0.39, 0.29) is 6.10 Å². The molecule has 18 heavy (non-hydrogen) atoms. The third-order valence-corrected chi connectivity index (χ3v) is 3.53. The minimum atomic E-state index is -0.407. The molecule has 0 spiro atoms. The topological polar surface area (TPSA) is 29.5 Å². The number of benzene rings is 1. The summed E-state index contributed by atoms with van der Waals surface area (Å²) in [6.45, 7) is 7.26. The maximum Gasteiger partial charge on any atom is 0.128 e. The highest BCUT2D eigenvalue weighted by atomic mass is 16.5. The van der Waals surface area contributed by atoms with Crippen LogP contribution in [0, 0.1) is 5.41 Å². The summed E-state index contributed by atoms with van der Waals surface area (Å²) < 4.78 is 5.73. The van der Waals surface area contributed by atoms with Crippen molar-refractivity contribution in [1.82, 2.24) is 4.90 Å². The van der Waals surface area contributed by atoms with Crippen molar-refractivity contribution in [3.63, 3.8) is 0 Å². The Morgan fingerprint density at radius 2 is 2.11 bits per heavy atom. The highest BCUT2D eigenvalue weighted by Gasteiger charge is 2.34. The van der Waals surface area contributed by atoms with Gasteiger partial charge in [0.2, 0.25) is 0 Å². The van der Waals surface area contributed by atoms with Gasteiger partial charge in [-0.2, -0.15) is 0 Å². The number of carbonyl (C=O) groups is 1. The summed E-state index contributed by atoms with van der Waals surface area (Å²) >= 11 is 0. The van der Waals surface area contributed by atoms with Gasteiger partial charge in [-0.1, -0.05) is 44.2 Å². The van der Waals surface area contributed by atoms with E-state index in [2.05, 4.69) is 29.2 Å². The molecular formula is C15H21NO2. The zero-order chi connectivity index (χ0) is 13.0. The van der Waals surface area contributed by atoms with Crippen LogP contribution in [0.3, 0.4) is 0 Å². The molecule has 1 aromatic carbocycles. The molecule has 3 nitrogen and oxygen atoms in total. The lowest BCUT2D eigenvalue weighted by atomic mass is 9.87. The van der Waals surface area contributed by atoms with Crippen LogP contribution in [0.1, 0.15) is 19.4 Å². The Labute approximate surface area is 109 Å². The first-order valence-corrected chi connectivity index (χ1v) is 6.46. The van der Waals surface area contributed by atoms with Crippen LogP contribution in [0.5, 0.6) is 0 Å². The Balaban J connectivity index is 1.97. The summed E-state index contributed by atoms with van der Waals surface area (Å²) in [5.41, 5.74) is 0.900. The SMILES string of the molecule is CC(C)(C=O)C1CN(Cc2ccccc2)CCO1. The zero-order valence-electron chi connectivity index (χ0n) is 11.1. The number of hydrogen-bond acceptors (Lipinski definition) is 3. The van der Waals surface area contributed by atoms with Gasteiger partial charge in [0.15, 0.2) is 0 Å². The van der Waals surface area contributed by atoms with E-state index in [9.17, 15) is 4.79 Å². The van der Waals surface area contributed by atoms with Gasteiger partial charge in [-0.05, 0) is 5.56 Å². The first-order valence-electron chi connectivity index (χ1n) is 6.46. The van der Waals surface area contributed by atoms with Gasteiger partial charge in [-0.3, -0.25) is 4.90 Å². The molecule has 98 valence electrons. The summed E-state index contributed by atoms with van der Waals surface area (Å²) in [7, 11) is 0. The fourth-order valence-corrected chi connectivity index (χ4v) is 2.21. The van der Waals surface area contributed by atoms with Crippen LogP contribution in [0.2, 0.25) is 0 Å². The van der Waals surface area contributed by atoms with Crippen molar-refractivity contribution in [2.24, 2.45) is 5.41 Å². The standard InChI is InChI=1S/C15H21NO2/c1-15(2,12-17)14-11-16(8-9-18-14)10-13-6-4-3-5-7-13/h3-7,12,14H,8-11H2,1-2H3. The van der Waals surface area contributed by atoms with E-state index in [0.29, 0.717) is 6.61 Å². The van der Waals surface area contributed by atoms with Crippen LogP contribution in [0.15, 0.2) is 30.3 Å². The van der Waals surface area contributed by atoms with Crippen molar-refractivity contribution in [2.75, 3.05) is 19.7 Å². The van der Waals surface area contributed by atoms with Gasteiger partial charge in [0, 0.05) is 25.0 Å². The van der Waals surface area contributed by atoms with Crippen LogP contribution in [0.25, 0.3) is 0 Å². The molecule has 1 heterocycles. The van der Waals surface area contributed by atoms with Gasteiger partial charge in [0.05, 0.1) is 12.7 Å². The first kappa shape index (κ1) is 13.2. The molecule has 0 aromatic heterocycles. The average Bonchev–Trinajstić information content (AvgIpc) is 2.40. The average molecular weight is 247 g/mol. The number of rotatable bonds is 4. The third-order valence-electron chi connectivity index (χ3n) is 3.53. The van der Waals surface area contributed by atoms with Gasteiger partial charge in [-0.15, -0.1) is 0 Å². The Hall–Kier alpha value is -1.19. The summed E-state index contributed by atoms with van der Waals surface area (Å²) in [6.07, 6.45) is 0.997. The predicted octanol–water partition coefficient (Wildman–Crippen LogP) is 2.11. The second-order valence-electron chi connectivity index (χ2n) is 5.52. The molecule has 1 unspecified atom stereocenters. The monoisotopic (exact) mass is 247 g/mol. The van der Waals surface area contributed by atoms with E-state index in [1.54, 1.807) is 0 Å². The summed E-state index contributed by atoms with van der Waals surface area (Å²) in [5, 5.41) is 0. The van der Waals surface area contributed by atoms with Crippen LogP contribution in [0.4, 0.5) is 0 Å². The zero-order valence-corrected chi connectivity index (χ0v) is 11.1. The van der Waals surface area contributed by atoms with E-state index in [1.807, 2.05) is 19.9 Å². The predicted molar refractivity (Wildman–Crippen MR) is 71.3 cm³/mol. The van der Waals surface area contributed by atoms with Crippen LogP contribution in [-0.4, -0.2) is 37.0 Å². The largest absolute Gasteiger partial charge is 0.375 e. The van der Waals surface area contributed by atoms with Crippen molar-refractivity contribution >= 4 is 6.29 Å². The number of carbonyl (C=O) groups excluding carboxylic acids is 1. The highest BCUT2D eigenvalue weighted by molar-refractivity contribution is 5.59. The summed E-state index contributed by atoms with van der Waals surface area (Å²) in [4.78, 5) is 13.4. The molecule has 1 fully saturated rings. The van der Waals surface area contributed by atoms with Gasteiger partial charge < -0.3 is 9.53 Å². The number of nitrogens with zero attached hydrogens (tertiary/aromatic N) is 1. The number of hydrogen-bond donors (Lipinski definition) is 0. The third kappa shape index (κ3) is 3.18. The maximum absolute atomic E-state index is 11.1. The second kappa shape index (κ2) is 5.63. The Morgan fingerprint density at radius 1 is 1.39 bits per heavy atom. The van der Waals surface area contributed by atoms with Crippen molar-refractivity contribution in [3.05, 3.63) is 35.9 Å². The van der Waals surface area contributed by atoms with Crippen LogP contribution < -0.4 is 0 Å². The van der Waals surface area contributed by atoms with Gasteiger partial charge in [0.1, 0.15) is 6.29 Å². The lowest BCUT2D eigenvalue weighted by Crippen LogP contribution is -2.49. The summed E-state index contributed by atoms with van der Waals surface area (Å²) in [5.74, 6) is 0. The molecule has 0 N–H and O–H groups in total. The molecular weight excluding hydrogens is 226 g/mol. The first-order chi connectivity index (χ1) is 8.62. The second-order valence-corrected chi connectivity index (χ2v) is 5.52. The highest BCUT2D eigenvalue weighted by Crippen LogP contribution is 2.24. The lowest BCUT2D eigenvalue weighted by Gasteiger charge is -2.38. The molecule has 1 saturated heterocycles. The molecule has 0 amide bonds. The molecule has 0 saturated carbocycles. The van der Waals surface area contributed by atoms with E-state index in [0.717, 1.165) is 25.9 Å².